The topological polar surface area (TPSA) is 60.8 Å². The molecule has 106 valence electrons. The number of nitrogens with zero attached hydrogens (tertiary/aromatic N) is 1. The van der Waals surface area contributed by atoms with Crippen LogP contribution in [-0.2, 0) is 4.79 Å². The zero-order valence-electron chi connectivity index (χ0n) is 11.4. The van der Waals surface area contributed by atoms with Gasteiger partial charge >= 0.3 is 5.97 Å². The molecule has 0 aromatic heterocycles. The Labute approximate surface area is 122 Å². The number of hydrogen-bond donors (Lipinski definition) is 2. The largest absolute Gasteiger partial charge is 0.508 e. The summed E-state index contributed by atoms with van der Waals surface area (Å²) in [5.74, 6) is -0.415. The third kappa shape index (κ3) is 3.17. The van der Waals surface area contributed by atoms with Gasteiger partial charge in [-0.15, -0.1) is 0 Å². The second kappa shape index (κ2) is 6.05. The molecule has 0 fully saturated rings. The average Bonchev–Trinajstić information content (AvgIpc) is 2.37. The van der Waals surface area contributed by atoms with E-state index in [1.807, 2.05) is 25.3 Å². The van der Waals surface area contributed by atoms with Crippen LogP contribution in [0.3, 0.4) is 0 Å². The molecule has 1 heterocycles. The Bertz CT molecular complexity index is 578. The molecule has 0 spiro atoms. The van der Waals surface area contributed by atoms with Gasteiger partial charge in [0.1, 0.15) is 12.3 Å². The first-order valence-electron chi connectivity index (χ1n) is 6.34. The normalized spacial score (nSPS) is 14.6. The zero-order chi connectivity index (χ0) is 14.7. The van der Waals surface area contributed by atoms with E-state index in [9.17, 15) is 9.90 Å². The highest BCUT2D eigenvalue weighted by Gasteiger charge is 2.17. The van der Waals surface area contributed by atoms with Crippen LogP contribution in [0.25, 0.3) is 4.91 Å². The maximum atomic E-state index is 10.8. The smallest absolute Gasteiger partial charge is 0.323 e. The molecule has 0 radical (unpaired) electrons. The number of rotatable bonds is 4. The van der Waals surface area contributed by atoms with E-state index in [4.69, 9.17) is 5.11 Å². The van der Waals surface area contributed by atoms with Gasteiger partial charge in [-0.1, -0.05) is 37.7 Å². The van der Waals surface area contributed by atoms with Gasteiger partial charge in [-0.25, -0.2) is 0 Å². The lowest BCUT2D eigenvalue weighted by atomic mass is 9.96. The molecule has 0 unspecified atom stereocenters. The Balaban J connectivity index is 2.39. The van der Waals surface area contributed by atoms with Gasteiger partial charge in [-0.2, -0.15) is 0 Å². The van der Waals surface area contributed by atoms with E-state index < -0.39 is 5.97 Å². The van der Waals surface area contributed by atoms with Crippen LogP contribution in [-0.4, -0.2) is 27.6 Å². The molecule has 20 heavy (non-hydrogen) atoms. The van der Waals surface area contributed by atoms with Crippen LogP contribution in [0.5, 0.6) is 5.75 Å². The lowest BCUT2D eigenvalue weighted by molar-refractivity contribution is -0.137. The van der Waals surface area contributed by atoms with Crippen LogP contribution in [0.2, 0.25) is 0 Å². The van der Waals surface area contributed by atoms with Gasteiger partial charge in [0.05, 0.1) is 0 Å². The average molecular weight is 291 g/mol. The minimum absolute atomic E-state index is 0.0730. The number of aliphatic carboxylic acids is 1. The number of thioether (sulfide) groups is 1. The fraction of sp³-hybridized carbons (Fsp3) is 0.267. The Morgan fingerprint density at radius 3 is 2.80 bits per heavy atom. The summed E-state index contributed by atoms with van der Waals surface area (Å²) < 4.78 is 0. The fourth-order valence-corrected chi connectivity index (χ4v) is 3.03. The van der Waals surface area contributed by atoms with Crippen molar-refractivity contribution in [2.45, 2.75) is 19.8 Å². The van der Waals surface area contributed by atoms with Crippen LogP contribution in [0.15, 0.2) is 36.0 Å². The second-order valence-electron chi connectivity index (χ2n) is 4.86. The molecule has 2 N–H and O–H groups in total. The minimum Gasteiger partial charge on any atom is -0.508 e. The molecule has 0 saturated heterocycles. The number of phenols is 1. The third-order valence-electron chi connectivity index (χ3n) is 2.97. The molecule has 0 amide bonds. The van der Waals surface area contributed by atoms with E-state index in [0.29, 0.717) is 0 Å². The molecule has 1 aromatic rings. The van der Waals surface area contributed by atoms with Crippen molar-refractivity contribution >= 4 is 22.6 Å². The Morgan fingerprint density at radius 2 is 2.15 bits per heavy atom. The van der Waals surface area contributed by atoms with Crippen LogP contribution >= 0.6 is 11.8 Å². The molecule has 1 aromatic carbocycles. The number of carboxylic acid groups (broad SMARTS) is 1. The number of phenolic OH excluding ortho intramolecular Hbond substituents is 1. The highest BCUT2D eigenvalue weighted by Crippen LogP contribution is 2.39. The predicted molar refractivity (Wildman–Crippen MR) is 81.2 cm³/mol. The summed E-state index contributed by atoms with van der Waals surface area (Å²) in [5.41, 5.74) is 1.83. The van der Waals surface area contributed by atoms with Crippen molar-refractivity contribution in [3.8, 4) is 5.75 Å². The molecule has 2 rings (SSSR count). The van der Waals surface area contributed by atoms with Crippen molar-refractivity contribution in [1.82, 2.24) is 4.90 Å². The van der Waals surface area contributed by atoms with Crippen LogP contribution in [0.1, 0.15) is 30.9 Å². The predicted octanol–water partition coefficient (Wildman–Crippen LogP) is 3.42. The SMILES string of the molecule is CC(C)c1c(O)cccc1C1=CN(CC(=O)O)C=CS1. The van der Waals surface area contributed by atoms with Crippen molar-refractivity contribution in [3.05, 3.63) is 47.1 Å². The summed E-state index contributed by atoms with van der Waals surface area (Å²) in [6.07, 6.45) is 3.54. The maximum absolute atomic E-state index is 10.8. The van der Waals surface area contributed by atoms with Gasteiger partial charge in [0.2, 0.25) is 0 Å². The number of carbonyl (C=O) groups is 1. The van der Waals surface area contributed by atoms with E-state index in [0.717, 1.165) is 16.0 Å². The molecular formula is C15H17NO3S. The molecule has 1 aliphatic rings. The molecule has 5 heteroatoms. The number of carboxylic acids is 1. The Hall–Kier alpha value is -1.88. The van der Waals surface area contributed by atoms with E-state index in [1.54, 1.807) is 29.4 Å². The summed E-state index contributed by atoms with van der Waals surface area (Å²) in [6.45, 7) is 3.98. The molecular weight excluding hydrogens is 274 g/mol. The standard InChI is InChI=1S/C15H17NO3S/c1-10(2)15-11(4-3-5-12(15)17)13-8-16(6-7-20-13)9-14(18)19/h3-8,10,17H,9H2,1-2H3,(H,18,19). The summed E-state index contributed by atoms with van der Waals surface area (Å²) >= 11 is 1.52. The Kier molecular flexibility index (Phi) is 4.39. The Morgan fingerprint density at radius 1 is 1.40 bits per heavy atom. The highest BCUT2D eigenvalue weighted by atomic mass is 32.2. The first-order chi connectivity index (χ1) is 9.49. The third-order valence-corrected chi connectivity index (χ3v) is 3.81. The first kappa shape index (κ1) is 14.5. The van der Waals surface area contributed by atoms with Gasteiger partial charge < -0.3 is 15.1 Å². The van der Waals surface area contributed by atoms with E-state index in [1.165, 1.54) is 11.8 Å². The van der Waals surface area contributed by atoms with Crippen LogP contribution in [0, 0.1) is 0 Å². The second-order valence-corrected chi connectivity index (χ2v) is 5.80. The highest BCUT2D eigenvalue weighted by molar-refractivity contribution is 8.11. The summed E-state index contributed by atoms with van der Waals surface area (Å²) in [7, 11) is 0. The maximum Gasteiger partial charge on any atom is 0.323 e. The molecule has 0 atom stereocenters. The van der Waals surface area contributed by atoms with E-state index in [2.05, 4.69) is 0 Å². The van der Waals surface area contributed by atoms with Crippen molar-refractivity contribution in [3.63, 3.8) is 0 Å². The van der Waals surface area contributed by atoms with Crippen molar-refractivity contribution in [2.75, 3.05) is 6.54 Å². The molecule has 0 bridgehead atoms. The van der Waals surface area contributed by atoms with E-state index >= 15 is 0 Å². The minimum atomic E-state index is -0.878. The molecule has 1 aliphatic heterocycles. The molecule has 4 nitrogen and oxygen atoms in total. The van der Waals surface area contributed by atoms with Gasteiger partial charge in [0.15, 0.2) is 0 Å². The fourth-order valence-electron chi connectivity index (χ4n) is 2.17. The number of hydrogen-bond acceptors (Lipinski definition) is 4. The summed E-state index contributed by atoms with van der Waals surface area (Å²) in [4.78, 5) is 13.4. The lowest BCUT2D eigenvalue weighted by Crippen LogP contribution is -2.20. The van der Waals surface area contributed by atoms with Gasteiger partial charge in [-0.3, -0.25) is 4.79 Å². The summed E-state index contributed by atoms with van der Waals surface area (Å²) in [5, 5.41) is 20.8. The van der Waals surface area contributed by atoms with Gasteiger partial charge in [0.25, 0.3) is 0 Å². The summed E-state index contributed by atoms with van der Waals surface area (Å²) in [6, 6.07) is 5.43. The lowest BCUT2D eigenvalue weighted by Gasteiger charge is -2.22. The van der Waals surface area contributed by atoms with Gasteiger partial charge in [0, 0.05) is 22.9 Å². The molecule has 0 saturated carbocycles. The number of benzene rings is 1. The van der Waals surface area contributed by atoms with Crippen molar-refractivity contribution < 1.29 is 15.0 Å². The van der Waals surface area contributed by atoms with E-state index in [-0.39, 0.29) is 18.2 Å². The van der Waals surface area contributed by atoms with Crippen LogP contribution in [0.4, 0.5) is 0 Å². The van der Waals surface area contributed by atoms with Crippen molar-refractivity contribution in [1.29, 1.82) is 0 Å². The number of aromatic hydroxyl groups is 1. The van der Waals surface area contributed by atoms with Crippen LogP contribution < -0.4 is 0 Å². The quantitative estimate of drug-likeness (QED) is 0.890. The zero-order valence-corrected chi connectivity index (χ0v) is 12.2. The van der Waals surface area contributed by atoms with Crippen molar-refractivity contribution in [2.24, 2.45) is 0 Å². The molecule has 0 aliphatic carbocycles. The van der Waals surface area contributed by atoms with Gasteiger partial charge in [-0.05, 0) is 23.0 Å². The monoisotopic (exact) mass is 291 g/mol. The first-order valence-corrected chi connectivity index (χ1v) is 7.22.